The molecule has 132 valence electrons. The zero-order valence-electron chi connectivity index (χ0n) is 15.3. The molecule has 1 unspecified atom stereocenters. The van der Waals surface area contributed by atoms with E-state index in [2.05, 4.69) is 26.1 Å². The summed E-state index contributed by atoms with van der Waals surface area (Å²) in [4.78, 5) is 12.7. The number of nitrogens with one attached hydrogen (secondary N) is 1. The summed E-state index contributed by atoms with van der Waals surface area (Å²) in [7, 11) is 0. The molecule has 0 aromatic heterocycles. The van der Waals surface area contributed by atoms with Gasteiger partial charge in [-0.1, -0.05) is 57.2 Å². The van der Waals surface area contributed by atoms with Gasteiger partial charge in [0.25, 0.3) is 5.91 Å². The van der Waals surface area contributed by atoms with Gasteiger partial charge in [0.15, 0.2) is 0 Å². The van der Waals surface area contributed by atoms with Crippen LogP contribution in [0.4, 0.5) is 0 Å². The molecule has 2 aromatic rings. The molecule has 1 N–H and O–H groups in total. The van der Waals surface area contributed by atoms with Crippen LogP contribution in [-0.2, 0) is 13.0 Å². The van der Waals surface area contributed by atoms with Gasteiger partial charge in [-0.05, 0) is 47.9 Å². The number of amides is 1. The largest absolute Gasteiger partial charge is 0.489 e. The number of fused-ring (bicyclic) bond motifs is 1. The van der Waals surface area contributed by atoms with E-state index in [0.717, 1.165) is 41.7 Å². The first-order valence-electron chi connectivity index (χ1n) is 9.01. The van der Waals surface area contributed by atoms with E-state index >= 15 is 0 Å². The van der Waals surface area contributed by atoms with Crippen molar-refractivity contribution in [2.45, 2.75) is 52.7 Å². The van der Waals surface area contributed by atoms with Gasteiger partial charge < -0.3 is 10.1 Å². The Kier molecular flexibility index (Phi) is 5.12. The van der Waals surface area contributed by atoms with Crippen molar-refractivity contribution in [3.05, 3.63) is 65.2 Å². The van der Waals surface area contributed by atoms with Crippen LogP contribution in [0.25, 0.3) is 0 Å². The molecule has 2 aromatic carbocycles. The van der Waals surface area contributed by atoms with E-state index in [1.165, 1.54) is 0 Å². The van der Waals surface area contributed by atoms with Crippen LogP contribution in [0.2, 0.25) is 0 Å². The standard InChI is InChI=1S/C22H27NO2/c1-22(2,3)14-18-11-9-17-10-12-19(13-20(17)21(24)23-18)25-15-16-7-5-4-6-8-16/h4-8,10,12-13,18H,9,11,14-15H2,1-3H3,(H,23,24). The summed E-state index contributed by atoms with van der Waals surface area (Å²) in [6.45, 7) is 7.15. The average Bonchev–Trinajstić information content (AvgIpc) is 2.71. The molecule has 0 saturated carbocycles. The van der Waals surface area contributed by atoms with Gasteiger partial charge in [0.2, 0.25) is 0 Å². The molecule has 25 heavy (non-hydrogen) atoms. The SMILES string of the molecule is CC(C)(C)CC1CCc2ccc(OCc3ccccc3)cc2C(=O)N1. The first kappa shape index (κ1) is 17.5. The molecular weight excluding hydrogens is 310 g/mol. The van der Waals surface area contributed by atoms with Crippen LogP contribution in [0.5, 0.6) is 5.75 Å². The van der Waals surface area contributed by atoms with E-state index < -0.39 is 0 Å². The second-order valence-electron chi connectivity index (χ2n) is 8.07. The number of carbonyl (C=O) groups is 1. The maximum Gasteiger partial charge on any atom is 0.251 e. The number of ether oxygens (including phenoxy) is 1. The Hall–Kier alpha value is -2.29. The van der Waals surface area contributed by atoms with Gasteiger partial charge in [0.05, 0.1) is 0 Å². The lowest BCUT2D eigenvalue weighted by Crippen LogP contribution is -2.36. The molecule has 3 nitrogen and oxygen atoms in total. The Bertz CT molecular complexity index is 731. The Labute approximate surface area is 150 Å². The minimum absolute atomic E-state index is 0.0203. The lowest BCUT2D eigenvalue weighted by Gasteiger charge is -2.25. The highest BCUT2D eigenvalue weighted by atomic mass is 16.5. The maximum atomic E-state index is 12.7. The van der Waals surface area contributed by atoms with Crippen LogP contribution in [0.15, 0.2) is 48.5 Å². The van der Waals surface area contributed by atoms with E-state index in [-0.39, 0.29) is 17.4 Å². The second kappa shape index (κ2) is 7.30. The molecule has 1 atom stereocenters. The molecule has 3 heteroatoms. The Balaban J connectivity index is 1.70. The smallest absolute Gasteiger partial charge is 0.251 e. The first-order valence-corrected chi connectivity index (χ1v) is 9.01. The predicted octanol–water partition coefficient (Wildman–Crippen LogP) is 4.75. The third kappa shape index (κ3) is 4.85. The molecule has 1 heterocycles. The number of hydrogen-bond acceptors (Lipinski definition) is 2. The second-order valence-corrected chi connectivity index (χ2v) is 8.07. The Morgan fingerprint density at radius 2 is 1.88 bits per heavy atom. The molecule has 3 rings (SSSR count). The van der Waals surface area contributed by atoms with Crippen molar-refractivity contribution in [2.24, 2.45) is 5.41 Å². The highest BCUT2D eigenvalue weighted by molar-refractivity contribution is 5.96. The minimum atomic E-state index is 0.0203. The van der Waals surface area contributed by atoms with Crippen LogP contribution in [0.1, 0.15) is 55.1 Å². The third-order valence-corrected chi connectivity index (χ3v) is 4.53. The van der Waals surface area contributed by atoms with Gasteiger partial charge in [-0.2, -0.15) is 0 Å². The van der Waals surface area contributed by atoms with Crippen molar-refractivity contribution >= 4 is 5.91 Å². The van der Waals surface area contributed by atoms with E-state index in [4.69, 9.17) is 4.74 Å². The highest BCUT2D eigenvalue weighted by Gasteiger charge is 2.25. The fourth-order valence-electron chi connectivity index (χ4n) is 3.37. The fourth-order valence-corrected chi connectivity index (χ4v) is 3.37. The van der Waals surface area contributed by atoms with Crippen LogP contribution in [0.3, 0.4) is 0 Å². The van der Waals surface area contributed by atoms with Gasteiger partial charge in [-0.3, -0.25) is 4.79 Å². The van der Waals surface area contributed by atoms with Crippen molar-refractivity contribution in [1.29, 1.82) is 0 Å². The van der Waals surface area contributed by atoms with Crippen molar-refractivity contribution in [3.8, 4) is 5.75 Å². The molecule has 0 radical (unpaired) electrons. The van der Waals surface area contributed by atoms with Crippen LogP contribution in [-0.4, -0.2) is 11.9 Å². The summed E-state index contributed by atoms with van der Waals surface area (Å²) < 4.78 is 5.87. The summed E-state index contributed by atoms with van der Waals surface area (Å²) in [6, 6.07) is 16.2. The summed E-state index contributed by atoms with van der Waals surface area (Å²) in [5, 5.41) is 3.20. The van der Waals surface area contributed by atoms with Crippen LogP contribution >= 0.6 is 0 Å². The third-order valence-electron chi connectivity index (χ3n) is 4.53. The Morgan fingerprint density at radius 3 is 2.60 bits per heavy atom. The quantitative estimate of drug-likeness (QED) is 0.874. The predicted molar refractivity (Wildman–Crippen MR) is 101 cm³/mol. The number of hydrogen-bond donors (Lipinski definition) is 1. The molecule has 0 bridgehead atoms. The summed E-state index contributed by atoms with van der Waals surface area (Å²) >= 11 is 0. The summed E-state index contributed by atoms with van der Waals surface area (Å²) in [5.74, 6) is 0.763. The number of rotatable bonds is 4. The zero-order chi connectivity index (χ0) is 17.9. The highest BCUT2D eigenvalue weighted by Crippen LogP contribution is 2.27. The monoisotopic (exact) mass is 337 g/mol. The Morgan fingerprint density at radius 1 is 1.12 bits per heavy atom. The van der Waals surface area contributed by atoms with Gasteiger partial charge in [-0.25, -0.2) is 0 Å². The minimum Gasteiger partial charge on any atom is -0.489 e. The van der Waals surface area contributed by atoms with Crippen molar-refractivity contribution < 1.29 is 9.53 Å². The molecule has 1 amide bonds. The zero-order valence-corrected chi connectivity index (χ0v) is 15.3. The molecule has 1 aliphatic rings. The van der Waals surface area contributed by atoms with Gasteiger partial charge >= 0.3 is 0 Å². The number of benzene rings is 2. The molecule has 0 saturated heterocycles. The average molecular weight is 337 g/mol. The van der Waals surface area contributed by atoms with Crippen LogP contribution in [0, 0.1) is 5.41 Å². The lowest BCUT2D eigenvalue weighted by molar-refractivity contribution is 0.0929. The number of aryl methyl sites for hydroxylation is 1. The van der Waals surface area contributed by atoms with Crippen LogP contribution < -0.4 is 10.1 Å². The van der Waals surface area contributed by atoms with Crippen molar-refractivity contribution in [2.75, 3.05) is 0 Å². The van der Waals surface area contributed by atoms with Crippen molar-refractivity contribution in [3.63, 3.8) is 0 Å². The summed E-state index contributed by atoms with van der Waals surface area (Å²) in [6.07, 6.45) is 2.90. The van der Waals surface area contributed by atoms with Gasteiger partial charge in [-0.15, -0.1) is 0 Å². The lowest BCUT2D eigenvalue weighted by atomic mass is 9.86. The molecular formula is C22H27NO2. The maximum absolute atomic E-state index is 12.7. The fraction of sp³-hybridized carbons (Fsp3) is 0.409. The molecule has 0 aliphatic carbocycles. The molecule has 1 aliphatic heterocycles. The summed E-state index contributed by atoms with van der Waals surface area (Å²) in [5.41, 5.74) is 3.19. The molecule has 0 spiro atoms. The van der Waals surface area contributed by atoms with E-state index in [1.54, 1.807) is 0 Å². The van der Waals surface area contributed by atoms with Gasteiger partial charge in [0.1, 0.15) is 12.4 Å². The van der Waals surface area contributed by atoms with Crippen molar-refractivity contribution in [1.82, 2.24) is 5.32 Å². The molecule has 0 fully saturated rings. The van der Waals surface area contributed by atoms with E-state index in [1.807, 2.05) is 48.5 Å². The first-order chi connectivity index (χ1) is 11.9. The van der Waals surface area contributed by atoms with E-state index in [9.17, 15) is 4.79 Å². The number of carbonyl (C=O) groups excluding carboxylic acids is 1. The normalized spacial score (nSPS) is 17.4. The topological polar surface area (TPSA) is 38.3 Å². The van der Waals surface area contributed by atoms with Gasteiger partial charge in [0, 0.05) is 11.6 Å². The van der Waals surface area contributed by atoms with E-state index in [0.29, 0.717) is 6.61 Å².